The van der Waals surface area contributed by atoms with Gasteiger partial charge in [-0.05, 0) is 73.0 Å². The number of rotatable bonds is 4. The number of halogens is 1. The van der Waals surface area contributed by atoms with E-state index in [2.05, 4.69) is 34.0 Å². The van der Waals surface area contributed by atoms with E-state index in [9.17, 15) is 4.79 Å². The lowest BCUT2D eigenvalue weighted by Gasteiger charge is -2.30. The number of nitrogens with one attached hydrogen (secondary N) is 1. The van der Waals surface area contributed by atoms with Crippen molar-refractivity contribution < 1.29 is 4.79 Å². The molecule has 0 aromatic carbocycles. The Labute approximate surface area is 143 Å². The summed E-state index contributed by atoms with van der Waals surface area (Å²) in [7, 11) is 0. The molecule has 124 valence electrons. The van der Waals surface area contributed by atoms with Gasteiger partial charge in [0.1, 0.15) is 0 Å². The highest BCUT2D eigenvalue weighted by Crippen LogP contribution is 2.34. The van der Waals surface area contributed by atoms with E-state index in [1.807, 2.05) is 0 Å². The highest BCUT2D eigenvalue weighted by Gasteiger charge is 2.32. The summed E-state index contributed by atoms with van der Waals surface area (Å²) in [6, 6.07) is 2.51. The van der Waals surface area contributed by atoms with Crippen LogP contribution in [0.5, 0.6) is 0 Å². The van der Waals surface area contributed by atoms with Crippen molar-refractivity contribution in [3.05, 3.63) is 22.4 Å². The topological polar surface area (TPSA) is 32.3 Å². The molecule has 0 radical (unpaired) electrons. The fourth-order valence-electron chi connectivity index (χ4n) is 3.80. The molecule has 1 N–H and O–H groups in total. The van der Waals surface area contributed by atoms with Gasteiger partial charge in [-0.15, -0.1) is 12.4 Å². The molecule has 3 unspecified atom stereocenters. The van der Waals surface area contributed by atoms with Crippen LogP contribution in [0.2, 0.25) is 0 Å². The van der Waals surface area contributed by atoms with E-state index < -0.39 is 0 Å². The Morgan fingerprint density at radius 1 is 1.45 bits per heavy atom. The summed E-state index contributed by atoms with van der Waals surface area (Å²) in [5.74, 6) is 1.53. The summed E-state index contributed by atoms with van der Waals surface area (Å²) in [5, 5.41) is 7.78. The zero-order valence-electron chi connectivity index (χ0n) is 13.3. The molecule has 3 rings (SSSR count). The number of likely N-dealkylation sites (tertiary alicyclic amines) is 1. The molecule has 22 heavy (non-hydrogen) atoms. The maximum absolute atomic E-state index is 12.7. The van der Waals surface area contributed by atoms with Gasteiger partial charge in [0.25, 0.3) is 0 Å². The number of amides is 1. The number of thiophene rings is 1. The van der Waals surface area contributed by atoms with E-state index in [0.717, 1.165) is 32.5 Å². The van der Waals surface area contributed by atoms with E-state index in [-0.39, 0.29) is 12.4 Å². The maximum Gasteiger partial charge on any atom is 0.223 e. The zero-order chi connectivity index (χ0) is 14.7. The first kappa shape index (κ1) is 17.8. The maximum atomic E-state index is 12.7. The van der Waals surface area contributed by atoms with Crippen LogP contribution < -0.4 is 5.32 Å². The van der Waals surface area contributed by atoms with E-state index >= 15 is 0 Å². The molecule has 2 aliphatic rings. The Morgan fingerprint density at radius 2 is 2.32 bits per heavy atom. The average molecular weight is 343 g/mol. The largest absolute Gasteiger partial charge is 0.336 e. The quantitative estimate of drug-likeness (QED) is 0.901. The molecule has 3 nitrogen and oxygen atoms in total. The molecule has 3 heterocycles. The third-order valence-corrected chi connectivity index (χ3v) is 5.84. The molecule has 0 aliphatic carbocycles. The minimum Gasteiger partial charge on any atom is -0.336 e. The van der Waals surface area contributed by atoms with Crippen LogP contribution in [0.4, 0.5) is 0 Å². The van der Waals surface area contributed by atoms with Gasteiger partial charge in [0, 0.05) is 13.0 Å². The minimum atomic E-state index is 0. The predicted molar refractivity (Wildman–Crippen MR) is 94.6 cm³/mol. The lowest BCUT2D eigenvalue weighted by Crippen LogP contribution is -2.37. The molecule has 2 fully saturated rings. The van der Waals surface area contributed by atoms with Crippen molar-refractivity contribution in [2.45, 2.75) is 45.1 Å². The Bertz CT molecular complexity index is 459. The van der Waals surface area contributed by atoms with Crippen molar-refractivity contribution in [3.63, 3.8) is 0 Å². The van der Waals surface area contributed by atoms with Crippen LogP contribution in [0.15, 0.2) is 16.8 Å². The highest BCUT2D eigenvalue weighted by atomic mass is 35.5. The van der Waals surface area contributed by atoms with Crippen molar-refractivity contribution in [2.75, 3.05) is 19.6 Å². The highest BCUT2D eigenvalue weighted by molar-refractivity contribution is 7.07. The molecule has 5 heteroatoms. The first-order valence-electron chi connectivity index (χ1n) is 8.28. The molecular weight excluding hydrogens is 316 g/mol. The minimum absolute atomic E-state index is 0. The first-order chi connectivity index (χ1) is 10.3. The molecule has 0 bridgehead atoms. The van der Waals surface area contributed by atoms with Gasteiger partial charge in [-0.3, -0.25) is 4.79 Å². The Hall–Kier alpha value is -0.580. The molecule has 0 saturated carbocycles. The normalized spacial score (nSPS) is 26.5. The van der Waals surface area contributed by atoms with Crippen LogP contribution >= 0.6 is 23.7 Å². The predicted octanol–water partition coefficient (Wildman–Crippen LogP) is 3.86. The van der Waals surface area contributed by atoms with Gasteiger partial charge in [-0.25, -0.2) is 0 Å². The molecule has 1 aromatic heterocycles. The Kier molecular flexibility index (Phi) is 6.72. The second kappa shape index (κ2) is 8.32. The molecule has 1 aromatic rings. The van der Waals surface area contributed by atoms with E-state index in [1.54, 1.807) is 11.3 Å². The van der Waals surface area contributed by atoms with Crippen LogP contribution in [-0.4, -0.2) is 30.4 Å². The number of piperidine rings is 1. The van der Waals surface area contributed by atoms with Crippen molar-refractivity contribution in [1.82, 2.24) is 10.2 Å². The zero-order valence-corrected chi connectivity index (χ0v) is 14.9. The summed E-state index contributed by atoms with van der Waals surface area (Å²) in [6.45, 7) is 5.42. The van der Waals surface area contributed by atoms with Gasteiger partial charge in [0.2, 0.25) is 5.91 Å². The molecule has 1 amide bonds. The standard InChI is InChI=1S/C17H26N2OS.ClH/c1-13(14-4-2-7-18-11-14)10-17(20)19-8-3-5-16(19)15-6-9-21-12-15;/h6,9,12-14,16,18H,2-5,7-8,10-11H2,1H3;1H. The number of hydrogen-bond donors (Lipinski definition) is 1. The van der Waals surface area contributed by atoms with Gasteiger partial charge < -0.3 is 10.2 Å². The number of nitrogens with zero attached hydrogens (tertiary/aromatic N) is 1. The summed E-state index contributed by atoms with van der Waals surface area (Å²) >= 11 is 1.73. The Morgan fingerprint density at radius 3 is 3.00 bits per heavy atom. The van der Waals surface area contributed by atoms with E-state index in [1.165, 1.54) is 18.4 Å². The van der Waals surface area contributed by atoms with Crippen LogP contribution in [0, 0.1) is 11.8 Å². The summed E-state index contributed by atoms with van der Waals surface area (Å²) < 4.78 is 0. The van der Waals surface area contributed by atoms with Crippen molar-refractivity contribution in [2.24, 2.45) is 11.8 Å². The van der Waals surface area contributed by atoms with Gasteiger partial charge in [-0.1, -0.05) is 6.92 Å². The molecule has 3 atom stereocenters. The second-order valence-electron chi connectivity index (χ2n) is 6.59. The van der Waals surface area contributed by atoms with Crippen LogP contribution in [0.25, 0.3) is 0 Å². The summed E-state index contributed by atoms with van der Waals surface area (Å²) in [6.07, 6.45) is 5.51. The fourth-order valence-corrected chi connectivity index (χ4v) is 4.51. The summed E-state index contributed by atoms with van der Waals surface area (Å²) in [5.41, 5.74) is 1.33. The lowest BCUT2D eigenvalue weighted by atomic mass is 9.85. The molecular formula is C17H27ClN2OS. The van der Waals surface area contributed by atoms with Gasteiger partial charge in [-0.2, -0.15) is 11.3 Å². The number of hydrogen-bond acceptors (Lipinski definition) is 3. The SMILES string of the molecule is CC(CC(=O)N1CCCC1c1ccsc1)C1CCCNC1.Cl. The average Bonchev–Trinajstić information content (AvgIpc) is 3.18. The second-order valence-corrected chi connectivity index (χ2v) is 7.37. The molecule has 2 aliphatic heterocycles. The van der Waals surface area contributed by atoms with E-state index in [0.29, 0.717) is 30.2 Å². The lowest BCUT2D eigenvalue weighted by molar-refractivity contribution is -0.133. The fraction of sp³-hybridized carbons (Fsp3) is 0.706. The van der Waals surface area contributed by atoms with Crippen LogP contribution in [0.3, 0.4) is 0 Å². The molecule has 0 spiro atoms. The monoisotopic (exact) mass is 342 g/mol. The number of carbonyl (C=O) groups is 1. The molecule has 2 saturated heterocycles. The van der Waals surface area contributed by atoms with E-state index in [4.69, 9.17) is 0 Å². The van der Waals surface area contributed by atoms with Crippen molar-refractivity contribution in [1.29, 1.82) is 0 Å². The van der Waals surface area contributed by atoms with Crippen LogP contribution in [0.1, 0.15) is 50.6 Å². The first-order valence-corrected chi connectivity index (χ1v) is 9.22. The van der Waals surface area contributed by atoms with Crippen molar-refractivity contribution >= 4 is 29.7 Å². The third kappa shape index (κ3) is 4.03. The van der Waals surface area contributed by atoms with Gasteiger partial charge >= 0.3 is 0 Å². The van der Waals surface area contributed by atoms with Gasteiger partial charge in [0.15, 0.2) is 0 Å². The third-order valence-electron chi connectivity index (χ3n) is 5.14. The number of carbonyl (C=O) groups excluding carboxylic acids is 1. The van der Waals surface area contributed by atoms with Crippen molar-refractivity contribution in [3.8, 4) is 0 Å². The smallest absolute Gasteiger partial charge is 0.223 e. The van der Waals surface area contributed by atoms with Gasteiger partial charge in [0.05, 0.1) is 6.04 Å². The summed E-state index contributed by atoms with van der Waals surface area (Å²) in [4.78, 5) is 14.8. The van der Waals surface area contributed by atoms with Crippen LogP contribution in [-0.2, 0) is 4.79 Å². The Balaban J connectivity index is 0.00000176.